The van der Waals surface area contributed by atoms with E-state index in [4.69, 9.17) is 21.1 Å². The Labute approximate surface area is 269 Å². The van der Waals surface area contributed by atoms with Crippen LogP contribution in [-0.2, 0) is 4.79 Å². The maximum Gasteiger partial charge on any atom is 0.271 e. The third kappa shape index (κ3) is 8.47. The molecule has 4 aromatic carbocycles. The van der Waals surface area contributed by atoms with Crippen LogP contribution in [0.3, 0.4) is 0 Å². The number of para-hydroxylation sites is 2. The van der Waals surface area contributed by atoms with Crippen molar-refractivity contribution in [3.63, 3.8) is 0 Å². The van der Waals surface area contributed by atoms with E-state index in [-0.39, 0.29) is 29.2 Å². The van der Waals surface area contributed by atoms with E-state index < -0.39 is 0 Å². The highest BCUT2D eigenvalue weighted by Gasteiger charge is 2.15. The fourth-order valence-corrected chi connectivity index (χ4v) is 5.25. The number of carbonyl (C=O) groups is 2. The second-order valence-electron chi connectivity index (χ2n) is 9.72. The number of benzene rings is 4. The number of ether oxygens (including phenoxy) is 2. The SMILES string of the molecule is CCOc1cc(/C=N/NC(=O)c2ccc(-c3csc(Nc4ccccc4)n3)cc2)cc(Cl)c1OCC(=O)Nc1ccccc1C. The third-order valence-electron chi connectivity index (χ3n) is 6.45. The molecule has 1 aromatic heterocycles. The summed E-state index contributed by atoms with van der Waals surface area (Å²) in [7, 11) is 0. The van der Waals surface area contributed by atoms with E-state index in [0.717, 1.165) is 27.6 Å². The van der Waals surface area contributed by atoms with Crippen molar-refractivity contribution in [3.8, 4) is 22.8 Å². The fraction of sp³-hybridized carbons (Fsp3) is 0.118. The molecule has 2 amide bonds. The van der Waals surface area contributed by atoms with Crippen LogP contribution in [-0.4, -0.2) is 36.2 Å². The van der Waals surface area contributed by atoms with Gasteiger partial charge in [-0.25, -0.2) is 10.4 Å². The molecular formula is C34H30ClN5O4S. The number of hydrogen-bond acceptors (Lipinski definition) is 8. The molecule has 0 radical (unpaired) electrons. The van der Waals surface area contributed by atoms with Crippen molar-refractivity contribution in [2.45, 2.75) is 13.8 Å². The summed E-state index contributed by atoms with van der Waals surface area (Å²) in [6.07, 6.45) is 1.45. The number of aromatic nitrogens is 1. The molecule has 5 rings (SSSR count). The Hall–Kier alpha value is -5.19. The summed E-state index contributed by atoms with van der Waals surface area (Å²) >= 11 is 7.99. The maximum absolute atomic E-state index is 12.7. The molecule has 5 aromatic rings. The van der Waals surface area contributed by atoms with Crippen LogP contribution in [0.5, 0.6) is 11.5 Å². The Morgan fingerprint density at radius 2 is 1.73 bits per heavy atom. The number of nitrogens with one attached hydrogen (secondary N) is 3. The number of anilines is 3. The van der Waals surface area contributed by atoms with Crippen molar-refractivity contribution in [2.24, 2.45) is 5.10 Å². The topological polar surface area (TPSA) is 114 Å². The summed E-state index contributed by atoms with van der Waals surface area (Å²) in [5, 5.41) is 13.2. The van der Waals surface area contributed by atoms with Crippen LogP contribution in [0.4, 0.5) is 16.5 Å². The van der Waals surface area contributed by atoms with Crippen molar-refractivity contribution < 1.29 is 19.1 Å². The molecule has 11 heteroatoms. The second kappa shape index (κ2) is 15.0. The molecule has 0 aliphatic rings. The summed E-state index contributed by atoms with van der Waals surface area (Å²) in [4.78, 5) is 29.8. The lowest BCUT2D eigenvalue weighted by molar-refractivity contribution is -0.118. The number of hydrogen-bond donors (Lipinski definition) is 3. The predicted octanol–water partition coefficient (Wildman–Crippen LogP) is 7.70. The number of carbonyl (C=O) groups excluding carboxylic acids is 2. The van der Waals surface area contributed by atoms with Gasteiger partial charge < -0.3 is 20.1 Å². The van der Waals surface area contributed by atoms with Gasteiger partial charge in [-0.3, -0.25) is 9.59 Å². The number of rotatable bonds is 12. The number of amides is 2. The molecule has 228 valence electrons. The van der Waals surface area contributed by atoms with Crippen LogP contribution < -0.4 is 25.5 Å². The van der Waals surface area contributed by atoms with E-state index in [2.05, 4.69) is 26.1 Å². The van der Waals surface area contributed by atoms with Gasteiger partial charge in [-0.05, 0) is 67.4 Å². The van der Waals surface area contributed by atoms with Gasteiger partial charge in [0.05, 0.1) is 23.5 Å². The summed E-state index contributed by atoms with van der Waals surface area (Å²) in [5.74, 6) is -0.122. The van der Waals surface area contributed by atoms with E-state index in [0.29, 0.717) is 29.2 Å². The van der Waals surface area contributed by atoms with Gasteiger partial charge in [0.1, 0.15) is 0 Å². The minimum absolute atomic E-state index is 0.233. The normalized spacial score (nSPS) is 10.8. The van der Waals surface area contributed by atoms with Crippen LogP contribution in [0.1, 0.15) is 28.4 Å². The number of aryl methyl sites for hydroxylation is 1. The van der Waals surface area contributed by atoms with Crippen molar-refractivity contribution in [3.05, 3.63) is 118 Å². The van der Waals surface area contributed by atoms with Gasteiger partial charge in [0.25, 0.3) is 11.8 Å². The second-order valence-corrected chi connectivity index (χ2v) is 11.0. The van der Waals surface area contributed by atoms with Crippen LogP contribution >= 0.6 is 22.9 Å². The lowest BCUT2D eigenvalue weighted by atomic mass is 10.1. The molecule has 0 fully saturated rings. The van der Waals surface area contributed by atoms with E-state index in [1.807, 2.05) is 86.0 Å². The van der Waals surface area contributed by atoms with Crippen LogP contribution in [0.15, 0.2) is 101 Å². The number of halogens is 1. The Bertz CT molecular complexity index is 1810. The van der Waals surface area contributed by atoms with Gasteiger partial charge in [-0.2, -0.15) is 5.10 Å². The zero-order valence-electron chi connectivity index (χ0n) is 24.5. The maximum atomic E-state index is 12.7. The van der Waals surface area contributed by atoms with Crippen molar-refractivity contribution in [2.75, 3.05) is 23.8 Å². The molecule has 3 N–H and O–H groups in total. The summed E-state index contributed by atoms with van der Waals surface area (Å²) in [6.45, 7) is 3.82. The first-order chi connectivity index (χ1) is 21.9. The third-order valence-corrected chi connectivity index (χ3v) is 7.49. The van der Waals surface area contributed by atoms with Crippen molar-refractivity contribution in [1.82, 2.24) is 10.4 Å². The predicted molar refractivity (Wildman–Crippen MR) is 180 cm³/mol. The van der Waals surface area contributed by atoms with Crippen LogP contribution in [0.25, 0.3) is 11.3 Å². The average molecular weight is 640 g/mol. The highest BCUT2D eigenvalue weighted by atomic mass is 35.5. The average Bonchev–Trinajstić information content (AvgIpc) is 3.51. The molecule has 0 unspecified atom stereocenters. The highest BCUT2D eigenvalue weighted by molar-refractivity contribution is 7.14. The van der Waals surface area contributed by atoms with Gasteiger partial charge in [-0.1, -0.05) is 60.1 Å². The lowest BCUT2D eigenvalue weighted by Crippen LogP contribution is -2.21. The molecule has 0 spiro atoms. The molecule has 45 heavy (non-hydrogen) atoms. The molecule has 0 aliphatic carbocycles. The van der Waals surface area contributed by atoms with E-state index >= 15 is 0 Å². The molecule has 1 heterocycles. The van der Waals surface area contributed by atoms with Crippen molar-refractivity contribution >= 4 is 57.5 Å². The lowest BCUT2D eigenvalue weighted by Gasteiger charge is -2.15. The number of nitrogens with zero attached hydrogens (tertiary/aromatic N) is 2. The van der Waals surface area contributed by atoms with E-state index in [1.54, 1.807) is 24.3 Å². The molecule has 0 atom stereocenters. The Morgan fingerprint density at radius 3 is 2.49 bits per heavy atom. The quantitative estimate of drug-likeness (QED) is 0.0952. The first-order valence-electron chi connectivity index (χ1n) is 14.1. The monoisotopic (exact) mass is 639 g/mol. The minimum Gasteiger partial charge on any atom is -0.490 e. The number of thiazole rings is 1. The van der Waals surface area contributed by atoms with Gasteiger partial charge in [0.15, 0.2) is 23.2 Å². The first kappa shape index (κ1) is 31.2. The molecule has 0 saturated carbocycles. The molecular weight excluding hydrogens is 610 g/mol. The molecule has 0 saturated heterocycles. The van der Waals surface area contributed by atoms with Gasteiger partial charge in [0, 0.05) is 27.9 Å². The number of hydrazone groups is 1. The van der Waals surface area contributed by atoms with Gasteiger partial charge in [-0.15, -0.1) is 11.3 Å². The fourth-order valence-electron chi connectivity index (χ4n) is 4.23. The zero-order chi connectivity index (χ0) is 31.6. The minimum atomic E-state index is -0.377. The smallest absolute Gasteiger partial charge is 0.271 e. The Kier molecular flexibility index (Phi) is 10.4. The standard InChI is InChI=1S/C34H30ClN5O4S/c1-3-43-30-18-23(17-27(35)32(30)44-20-31(41)38-28-12-8-7-9-22(28)2)19-36-40-33(42)25-15-13-24(14-16-25)29-21-45-34(39-29)37-26-10-5-4-6-11-26/h4-19,21H,3,20H2,1-2H3,(H,37,39)(H,38,41)(H,40,42)/b36-19+. The zero-order valence-corrected chi connectivity index (χ0v) is 26.1. The van der Waals surface area contributed by atoms with Gasteiger partial charge >= 0.3 is 0 Å². The Morgan fingerprint density at radius 1 is 0.978 bits per heavy atom. The largest absolute Gasteiger partial charge is 0.490 e. The Balaban J connectivity index is 1.18. The van der Waals surface area contributed by atoms with Crippen LogP contribution in [0.2, 0.25) is 5.02 Å². The molecule has 9 nitrogen and oxygen atoms in total. The van der Waals surface area contributed by atoms with Crippen molar-refractivity contribution in [1.29, 1.82) is 0 Å². The summed E-state index contributed by atoms with van der Waals surface area (Å²) in [5.41, 5.74) is 7.84. The van der Waals surface area contributed by atoms with E-state index in [1.165, 1.54) is 17.6 Å². The first-order valence-corrected chi connectivity index (χ1v) is 15.3. The molecule has 0 bridgehead atoms. The summed E-state index contributed by atoms with van der Waals surface area (Å²) in [6, 6.07) is 27.7. The van der Waals surface area contributed by atoms with Crippen LogP contribution in [0, 0.1) is 6.92 Å². The van der Waals surface area contributed by atoms with E-state index in [9.17, 15) is 9.59 Å². The molecule has 0 aliphatic heterocycles. The summed E-state index contributed by atoms with van der Waals surface area (Å²) < 4.78 is 11.4. The highest BCUT2D eigenvalue weighted by Crippen LogP contribution is 2.36. The van der Waals surface area contributed by atoms with Gasteiger partial charge in [0.2, 0.25) is 0 Å².